The molecular formula is C13H13ClN2O2S2. The Labute approximate surface area is 130 Å². The molecule has 0 saturated heterocycles. The van der Waals surface area contributed by atoms with Gasteiger partial charge in [0.15, 0.2) is 5.11 Å². The maximum atomic E-state index is 12.1. The summed E-state index contributed by atoms with van der Waals surface area (Å²) < 4.78 is 0.960. The van der Waals surface area contributed by atoms with Crippen molar-refractivity contribution < 1.29 is 9.90 Å². The van der Waals surface area contributed by atoms with E-state index in [4.69, 9.17) is 28.9 Å². The number of carbonyl (C=O) groups is 1. The summed E-state index contributed by atoms with van der Waals surface area (Å²) in [4.78, 5) is 12.6. The topological polar surface area (TPSA) is 61.4 Å². The van der Waals surface area contributed by atoms with E-state index in [2.05, 4.69) is 10.6 Å². The van der Waals surface area contributed by atoms with Gasteiger partial charge in [0.2, 0.25) is 0 Å². The number of hydrogen-bond donors (Lipinski definition) is 3. The molecule has 2 rings (SSSR count). The fourth-order valence-electron chi connectivity index (χ4n) is 1.65. The molecule has 0 saturated carbocycles. The molecule has 0 fully saturated rings. The molecule has 106 valence electrons. The van der Waals surface area contributed by atoms with Crippen LogP contribution in [0.5, 0.6) is 0 Å². The third kappa shape index (κ3) is 3.46. The van der Waals surface area contributed by atoms with Gasteiger partial charge in [-0.15, -0.1) is 11.3 Å². The first-order valence-electron chi connectivity index (χ1n) is 6.00. The minimum absolute atomic E-state index is 0.0751. The van der Waals surface area contributed by atoms with Crippen LogP contribution in [-0.4, -0.2) is 29.3 Å². The van der Waals surface area contributed by atoms with Crippen molar-refractivity contribution in [3.05, 3.63) is 34.2 Å². The van der Waals surface area contributed by atoms with Gasteiger partial charge in [0.1, 0.15) is 4.88 Å². The number of carbonyl (C=O) groups excluding carboxylic acids is 1. The monoisotopic (exact) mass is 328 g/mol. The summed E-state index contributed by atoms with van der Waals surface area (Å²) in [5.74, 6) is -0.322. The van der Waals surface area contributed by atoms with Crippen molar-refractivity contribution in [1.82, 2.24) is 10.6 Å². The number of aliphatic hydroxyl groups excluding tert-OH is 1. The number of halogens is 1. The molecule has 1 aromatic heterocycles. The highest BCUT2D eigenvalue weighted by Crippen LogP contribution is 2.34. The van der Waals surface area contributed by atoms with Crippen molar-refractivity contribution >= 4 is 56.3 Å². The van der Waals surface area contributed by atoms with E-state index in [0.717, 1.165) is 10.1 Å². The van der Waals surface area contributed by atoms with Crippen molar-refractivity contribution in [1.29, 1.82) is 0 Å². The van der Waals surface area contributed by atoms with Gasteiger partial charge in [-0.1, -0.05) is 29.8 Å². The van der Waals surface area contributed by atoms with Gasteiger partial charge in [0, 0.05) is 23.2 Å². The summed E-state index contributed by atoms with van der Waals surface area (Å²) in [5, 5.41) is 15.6. The lowest BCUT2D eigenvalue weighted by Crippen LogP contribution is -2.39. The molecule has 2 aromatic rings. The number of thiocarbonyl (C=S) groups is 1. The van der Waals surface area contributed by atoms with Crippen LogP contribution in [0, 0.1) is 0 Å². The normalized spacial score (nSPS) is 10.5. The number of aliphatic hydroxyl groups is 1. The minimum Gasteiger partial charge on any atom is -0.396 e. The average molecular weight is 329 g/mol. The SMILES string of the molecule is O=C(NC(=S)NCCCO)c1sc2ccccc2c1Cl. The van der Waals surface area contributed by atoms with Crippen LogP contribution in [0.3, 0.4) is 0 Å². The molecule has 0 bridgehead atoms. The van der Waals surface area contributed by atoms with Gasteiger partial charge in [-0.3, -0.25) is 10.1 Å². The van der Waals surface area contributed by atoms with Crippen LogP contribution < -0.4 is 10.6 Å². The summed E-state index contributed by atoms with van der Waals surface area (Å²) in [7, 11) is 0. The Morgan fingerprint density at radius 2 is 2.15 bits per heavy atom. The van der Waals surface area contributed by atoms with E-state index >= 15 is 0 Å². The third-order valence-electron chi connectivity index (χ3n) is 2.59. The molecule has 1 aromatic carbocycles. The Balaban J connectivity index is 2.08. The van der Waals surface area contributed by atoms with Crippen molar-refractivity contribution in [2.45, 2.75) is 6.42 Å². The van der Waals surface area contributed by atoms with Crippen LogP contribution in [0.1, 0.15) is 16.1 Å². The van der Waals surface area contributed by atoms with Gasteiger partial charge in [-0.2, -0.15) is 0 Å². The van der Waals surface area contributed by atoms with E-state index in [1.807, 2.05) is 24.3 Å². The van der Waals surface area contributed by atoms with Crippen LogP contribution in [0.2, 0.25) is 5.02 Å². The molecule has 4 nitrogen and oxygen atoms in total. The van der Waals surface area contributed by atoms with Gasteiger partial charge in [-0.05, 0) is 24.7 Å². The van der Waals surface area contributed by atoms with E-state index < -0.39 is 0 Å². The van der Waals surface area contributed by atoms with E-state index in [1.54, 1.807) is 0 Å². The van der Waals surface area contributed by atoms with Crippen molar-refractivity contribution in [3.63, 3.8) is 0 Å². The first-order chi connectivity index (χ1) is 9.63. The summed E-state index contributed by atoms with van der Waals surface area (Å²) in [6.45, 7) is 0.585. The van der Waals surface area contributed by atoms with Gasteiger partial charge in [-0.25, -0.2) is 0 Å². The predicted molar refractivity (Wildman–Crippen MR) is 86.6 cm³/mol. The van der Waals surface area contributed by atoms with Gasteiger partial charge in [0.25, 0.3) is 5.91 Å². The number of fused-ring (bicyclic) bond motifs is 1. The van der Waals surface area contributed by atoms with Crippen LogP contribution in [-0.2, 0) is 0 Å². The quantitative estimate of drug-likeness (QED) is 0.596. The zero-order chi connectivity index (χ0) is 14.5. The highest BCUT2D eigenvalue weighted by molar-refractivity contribution is 7.80. The fourth-order valence-corrected chi connectivity index (χ4v) is 3.25. The average Bonchev–Trinajstić information content (AvgIpc) is 2.77. The highest BCUT2D eigenvalue weighted by Gasteiger charge is 2.17. The number of amides is 1. The zero-order valence-electron chi connectivity index (χ0n) is 10.5. The van der Waals surface area contributed by atoms with Crippen LogP contribution in [0.15, 0.2) is 24.3 Å². The minimum atomic E-state index is -0.322. The van der Waals surface area contributed by atoms with E-state index in [-0.39, 0.29) is 17.6 Å². The predicted octanol–water partition coefficient (Wildman–Crippen LogP) is 2.54. The number of nitrogens with one attached hydrogen (secondary N) is 2. The third-order valence-corrected chi connectivity index (χ3v) is 4.51. The molecule has 0 unspecified atom stereocenters. The molecule has 0 spiro atoms. The molecule has 1 heterocycles. The van der Waals surface area contributed by atoms with Gasteiger partial charge >= 0.3 is 0 Å². The van der Waals surface area contributed by atoms with Crippen LogP contribution in [0.4, 0.5) is 0 Å². The molecule has 20 heavy (non-hydrogen) atoms. The summed E-state index contributed by atoms with van der Waals surface area (Å²) in [6.07, 6.45) is 0.569. The summed E-state index contributed by atoms with van der Waals surface area (Å²) >= 11 is 12.6. The van der Waals surface area contributed by atoms with Crippen molar-refractivity contribution in [3.8, 4) is 0 Å². The van der Waals surface area contributed by atoms with Gasteiger partial charge < -0.3 is 10.4 Å². The molecule has 7 heteroatoms. The smallest absolute Gasteiger partial charge is 0.269 e. The largest absolute Gasteiger partial charge is 0.396 e. The van der Waals surface area contributed by atoms with Crippen molar-refractivity contribution in [2.75, 3.05) is 13.2 Å². The molecule has 1 amide bonds. The molecule has 0 aliphatic carbocycles. The summed E-state index contributed by atoms with van der Waals surface area (Å²) in [6, 6.07) is 7.57. The number of hydrogen-bond acceptors (Lipinski definition) is 4. The maximum Gasteiger partial charge on any atom is 0.269 e. The molecule has 0 aliphatic heterocycles. The molecule has 3 N–H and O–H groups in total. The first kappa shape index (κ1) is 15.2. The highest BCUT2D eigenvalue weighted by atomic mass is 35.5. The molecule has 0 aliphatic rings. The lowest BCUT2D eigenvalue weighted by Gasteiger charge is -2.07. The molecule has 0 atom stereocenters. The maximum absolute atomic E-state index is 12.1. The zero-order valence-corrected chi connectivity index (χ0v) is 12.9. The van der Waals surface area contributed by atoms with E-state index in [1.165, 1.54) is 11.3 Å². The standard InChI is InChI=1S/C13H13ClN2O2S2/c14-10-8-4-1-2-5-9(8)20-11(10)12(18)16-13(19)15-6-3-7-17/h1-2,4-5,17H,3,6-7H2,(H2,15,16,18,19). The van der Waals surface area contributed by atoms with Gasteiger partial charge in [0.05, 0.1) is 5.02 Å². The lowest BCUT2D eigenvalue weighted by molar-refractivity contribution is 0.0981. The Morgan fingerprint density at radius 1 is 1.40 bits per heavy atom. The molecular weight excluding hydrogens is 316 g/mol. The van der Waals surface area contributed by atoms with E-state index in [9.17, 15) is 4.79 Å². The number of benzene rings is 1. The fraction of sp³-hybridized carbons (Fsp3) is 0.231. The Morgan fingerprint density at radius 3 is 2.85 bits per heavy atom. The Hall–Kier alpha value is -1.21. The second-order valence-corrected chi connectivity index (χ2v) is 5.87. The number of rotatable bonds is 4. The van der Waals surface area contributed by atoms with Crippen LogP contribution >= 0.6 is 35.2 Å². The Bertz CT molecular complexity index is 642. The number of thiophene rings is 1. The second-order valence-electron chi connectivity index (χ2n) is 4.03. The molecule has 0 radical (unpaired) electrons. The van der Waals surface area contributed by atoms with Crippen molar-refractivity contribution in [2.24, 2.45) is 0 Å². The van der Waals surface area contributed by atoms with Crippen LogP contribution in [0.25, 0.3) is 10.1 Å². The summed E-state index contributed by atoms with van der Waals surface area (Å²) in [5.41, 5.74) is 0. The van der Waals surface area contributed by atoms with E-state index in [0.29, 0.717) is 22.9 Å². The lowest BCUT2D eigenvalue weighted by atomic mass is 10.2. The second kappa shape index (κ2) is 6.99. The first-order valence-corrected chi connectivity index (χ1v) is 7.61. The Kier molecular flexibility index (Phi) is 5.31.